The Bertz CT molecular complexity index is 599. The van der Waals surface area contributed by atoms with Crippen molar-refractivity contribution in [2.75, 3.05) is 11.9 Å². The molecule has 7 nitrogen and oxygen atoms in total. The highest BCUT2D eigenvalue weighted by Crippen LogP contribution is 2.23. The summed E-state index contributed by atoms with van der Waals surface area (Å²) in [6.07, 6.45) is 1.91. The second kappa shape index (κ2) is 5.66. The normalized spacial score (nSPS) is 10.4. The number of aromatic carboxylic acids is 1. The number of pyridine rings is 1. The summed E-state index contributed by atoms with van der Waals surface area (Å²) < 4.78 is 4.83. The first-order valence-electron chi connectivity index (χ1n) is 5.49. The van der Waals surface area contributed by atoms with Gasteiger partial charge in [0.25, 0.3) is 0 Å². The van der Waals surface area contributed by atoms with Crippen LogP contribution < -0.4 is 5.32 Å². The number of carboxylic acid groups (broad SMARTS) is 1. The standard InChI is InChI=1S/C11H11ClN4O3/c1-6-15-8(16-19-6)3-5-14-10-9(12)7(11(17)18)2-4-13-10/h2,4H,3,5H2,1H3,(H,13,14)(H,17,18). The minimum absolute atomic E-state index is 0.00886. The van der Waals surface area contributed by atoms with Crippen LogP contribution in [0.25, 0.3) is 0 Å². The van der Waals surface area contributed by atoms with Gasteiger partial charge in [-0.2, -0.15) is 4.98 Å². The second-order valence-electron chi connectivity index (χ2n) is 3.73. The molecule has 0 aliphatic rings. The fraction of sp³-hybridized carbons (Fsp3) is 0.273. The number of nitrogens with one attached hydrogen (secondary N) is 1. The van der Waals surface area contributed by atoms with Crippen LogP contribution in [-0.2, 0) is 6.42 Å². The lowest BCUT2D eigenvalue weighted by Gasteiger charge is -2.07. The highest BCUT2D eigenvalue weighted by molar-refractivity contribution is 6.35. The second-order valence-corrected chi connectivity index (χ2v) is 4.11. The van der Waals surface area contributed by atoms with E-state index < -0.39 is 5.97 Å². The Labute approximate surface area is 113 Å². The lowest BCUT2D eigenvalue weighted by molar-refractivity contribution is 0.0697. The van der Waals surface area contributed by atoms with Gasteiger partial charge in [0.2, 0.25) is 5.89 Å². The first kappa shape index (κ1) is 13.3. The van der Waals surface area contributed by atoms with Crippen LogP contribution in [0.5, 0.6) is 0 Å². The Morgan fingerprint density at radius 1 is 1.58 bits per heavy atom. The molecule has 0 bridgehead atoms. The molecular formula is C11H11ClN4O3. The van der Waals surface area contributed by atoms with Crippen LogP contribution in [0.15, 0.2) is 16.8 Å². The fourth-order valence-electron chi connectivity index (χ4n) is 1.47. The largest absolute Gasteiger partial charge is 0.478 e. The van der Waals surface area contributed by atoms with Crippen molar-refractivity contribution in [2.45, 2.75) is 13.3 Å². The Hall–Kier alpha value is -2.15. The van der Waals surface area contributed by atoms with E-state index in [2.05, 4.69) is 20.4 Å². The van der Waals surface area contributed by atoms with Crippen LogP contribution in [0.2, 0.25) is 5.02 Å². The smallest absolute Gasteiger partial charge is 0.337 e. The van der Waals surface area contributed by atoms with Gasteiger partial charge in [-0.25, -0.2) is 9.78 Å². The molecule has 0 unspecified atom stereocenters. The molecule has 2 aromatic heterocycles. The number of aryl methyl sites for hydroxylation is 1. The quantitative estimate of drug-likeness (QED) is 0.862. The summed E-state index contributed by atoms with van der Waals surface area (Å²) in [5.74, 6) is 0.292. The predicted octanol–water partition coefficient (Wildman–Crippen LogP) is 1.78. The van der Waals surface area contributed by atoms with E-state index in [-0.39, 0.29) is 10.6 Å². The highest BCUT2D eigenvalue weighted by Gasteiger charge is 2.13. The van der Waals surface area contributed by atoms with Gasteiger partial charge in [-0.15, -0.1) is 0 Å². The minimum atomic E-state index is -1.09. The fourth-order valence-corrected chi connectivity index (χ4v) is 1.73. The van der Waals surface area contributed by atoms with E-state index in [1.807, 2.05) is 0 Å². The van der Waals surface area contributed by atoms with Crippen molar-refractivity contribution in [3.8, 4) is 0 Å². The first-order valence-corrected chi connectivity index (χ1v) is 5.86. The third-order valence-corrected chi connectivity index (χ3v) is 2.71. The van der Waals surface area contributed by atoms with E-state index in [0.29, 0.717) is 30.5 Å². The van der Waals surface area contributed by atoms with Crippen molar-refractivity contribution in [2.24, 2.45) is 0 Å². The number of halogens is 1. The number of anilines is 1. The maximum absolute atomic E-state index is 10.9. The van der Waals surface area contributed by atoms with Crippen LogP contribution in [-0.4, -0.2) is 32.7 Å². The summed E-state index contributed by atoms with van der Waals surface area (Å²) in [5.41, 5.74) is 0.00886. The van der Waals surface area contributed by atoms with Crippen LogP contribution in [0, 0.1) is 6.92 Å². The third kappa shape index (κ3) is 3.19. The number of carboxylic acids is 1. The summed E-state index contributed by atoms with van der Waals surface area (Å²) >= 11 is 5.93. The van der Waals surface area contributed by atoms with E-state index in [4.69, 9.17) is 21.2 Å². The van der Waals surface area contributed by atoms with E-state index in [1.165, 1.54) is 12.3 Å². The zero-order valence-electron chi connectivity index (χ0n) is 10.1. The number of hydrogen-bond acceptors (Lipinski definition) is 6. The van der Waals surface area contributed by atoms with Gasteiger partial charge in [0.05, 0.1) is 10.6 Å². The van der Waals surface area contributed by atoms with Crippen molar-refractivity contribution in [3.05, 3.63) is 34.6 Å². The van der Waals surface area contributed by atoms with Crippen LogP contribution >= 0.6 is 11.6 Å². The number of nitrogens with zero attached hydrogens (tertiary/aromatic N) is 3. The van der Waals surface area contributed by atoms with E-state index in [0.717, 1.165) is 0 Å². The molecule has 0 saturated heterocycles. The number of carbonyl (C=O) groups is 1. The Morgan fingerprint density at radius 3 is 3.00 bits per heavy atom. The Morgan fingerprint density at radius 2 is 2.37 bits per heavy atom. The summed E-state index contributed by atoms with van der Waals surface area (Å²) in [4.78, 5) is 18.9. The molecule has 2 heterocycles. The molecule has 2 N–H and O–H groups in total. The number of rotatable bonds is 5. The van der Waals surface area contributed by atoms with Crippen LogP contribution in [0.3, 0.4) is 0 Å². The van der Waals surface area contributed by atoms with Crippen molar-refractivity contribution < 1.29 is 14.4 Å². The minimum Gasteiger partial charge on any atom is -0.478 e. The van der Waals surface area contributed by atoms with Crippen molar-refractivity contribution >= 4 is 23.4 Å². The summed E-state index contributed by atoms with van der Waals surface area (Å²) in [5, 5.41) is 15.7. The molecule has 19 heavy (non-hydrogen) atoms. The van der Waals surface area contributed by atoms with E-state index in [1.54, 1.807) is 6.92 Å². The molecular weight excluding hydrogens is 272 g/mol. The van der Waals surface area contributed by atoms with Crippen LogP contribution in [0.4, 0.5) is 5.82 Å². The molecule has 2 aromatic rings. The van der Waals surface area contributed by atoms with Gasteiger partial charge in [-0.3, -0.25) is 0 Å². The van der Waals surface area contributed by atoms with Gasteiger partial charge in [-0.1, -0.05) is 16.8 Å². The number of hydrogen-bond donors (Lipinski definition) is 2. The monoisotopic (exact) mass is 282 g/mol. The Balaban J connectivity index is 2.00. The Kier molecular flexibility index (Phi) is 3.96. The molecule has 0 spiro atoms. The predicted molar refractivity (Wildman–Crippen MR) is 67.4 cm³/mol. The maximum atomic E-state index is 10.9. The van der Waals surface area contributed by atoms with Crippen molar-refractivity contribution in [1.29, 1.82) is 0 Å². The summed E-state index contributed by atoms with van der Waals surface area (Å²) in [6.45, 7) is 2.17. The molecule has 0 aliphatic carbocycles. The van der Waals surface area contributed by atoms with Crippen molar-refractivity contribution in [1.82, 2.24) is 15.1 Å². The third-order valence-electron chi connectivity index (χ3n) is 2.33. The molecule has 0 aromatic carbocycles. The summed E-state index contributed by atoms with van der Waals surface area (Å²) in [6, 6.07) is 1.35. The molecule has 0 radical (unpaired) electrons. The zero-order chi connectivity index (χ0) is 13.8. The molecule has 2 rings (SSSR count). The number of aromatic nitrogens is 3. The average Bonchev–Trinajstić information content (AvgIpc) is 2.77. The molecule has 0 fully saturated rings. The molecule has 0 atom stereocenters. The lowest BCUT2D eigenvalue weighted by atomic mass is 10.2. The molecule has 8 heteroatoms. The molecule has 0 saturated carbocycles. The van der Waals surface area contributed by atoms with Gasteiger partial charge < -0.3 is 14.9 Å². The van der Waals surface area contributed by atoms with Gasteiger partial charge in [0.15, 0.2) is 5.82 Å². The van der Waals surface area contributed by atoms with Crippen molar-refractivity contribution in [3.63, 3.8) is 0 Å². The molecule has 100 valence electrons. The SMILES string of the molecule is Cc1nc(CCNc2nccc(C(=O)O)c2Cl)no1. The van der Waals surface area contributed by atoms with Gasteiger partial charge in [0, 0.05) is 26.1 Å². The topological polar surface area (TPSA) is 101 Å². The van der Waals surface area contributed by atoms with Gasteiger partial charge >= 0.3 is 5.97 Å². The first-order chi connectivity index (χ1) is 9.08. The van der Waals surface area contributed by atoms with Crippen LogP contribution in [0.1, 0.15) is 22.1 Å². The van der Waals surface area contributed by atoms with Gasteiger partial charge in [-0.05, 0) is 6.07 Å². The highest BCUT2D eigenvalue weighted by atomic mass is 35.5. The average molecular weight is 283 g/mol. The molecule has 0 aliphatic heterocycles. The lowest BCUT2D eigenvalue weighted by Crippen LogP contribution is -2.09. The van der Waals surface area contributed by atoms with Gasteiger partial charge in [0.1, 0.15) is 5.82 Å². The summed E-state index contributed by atoms with van der Waals surface area (Å²) in [7, 11) is 0. The molecule has 0 amide bonds. The zero-order valence-corrected chi connectivity index (χ0v) is 10.8. The van der Waals surface area contributed by atoms with E-state index in [9.17, 15) is 4.79 Å². The maximum Gasteiger partial charge on any atom is 0.337 e. The van der Waals surface area contributed by atoms with E-state index >= 15 is 0 Å².